The van der Waals surface area contributed by atoms with Crippen molar-refractivity contribution in [3.63, 3.8) is 0 Å². The Morgan fingerprint density at radius 3 is 2.64 bits per heavy atom. The highest BCUT2D eigenvalue weighted by atomic mass is 16.5. The van der Waals surface area contributed by atoms with Gasteiger partial charge in [0.25, 0.3) is 0 Å². The molecule has 0 amide bonds. The number of aliphatic imine (C=N–C) groups is 1. The first kappa shape index (κ1) is 18.3. The maximum Gasteiger partial charge on any atom is 0.191 e. The number of aryl methyl sites for hydroxylation is 1. The quantitative estimate of drug-likeness (QED) is 0.418. The molecular weight excluding hydrogens is 278 g/mol. The Balaban J connectivity index is 2.29. The van der Waals surface area contributed by atoms with Gasteiger partial charge in [-0.05, 0) is 32.9 Å². The number of nitrogens with zero attached hydrogens (tertiary/aromatic N) is 1. The summed E-state index contributed by atoms with van der Waals surface area (Å²) in [5.74, 6) is 1.73. The zero-order valence-electron chi connectivity index (χ0n) is 14.2. The first-order chi connectivity index (χ1) is 10.7. The molecule has 1 rings (SSSR count). The topological polar surface area (TPSA) is 54.9 Å². The second-order valence-electron chi connectivity index (χ2n) is 5.28. The Morgan fingerprint density at radius 1 is 1.27 bits per heavy atom. The Bertz CT molecular complexity index is 432. The van der Waals surface area contributed by atoms with Crippen molar-refractivity contribution in [2.24, 2.45) is 4.99 Å². The van der Waals surface area contributed by atoms with E-state index in [1.165, 1.54) is 5.56 Å². The SMILES string of the molecule is CCNC(=NCCCOc1ccc(C)cc1)NC(C)COC. The predicted octanol–water partition coefficient (Wildman–Crippen LogP) is 2.35. The summed E-state index contributed by atoms with van der Waals surface area (Å²) in [6.07, 6.45) is 0.878. The number of rotatable bonds is 9. The third-order valence-corrected chi connectivity index (χ3v) is 3.01. The van der Waals surface area contributed by atoms with Crippen LogP contribution in [0.1, 0.15) is 25.8 Å². The van der Waals surface area contributed by atoms with Gasteiger partial charge in [0.05, 0.1) is 13.2 Å². The van der Waals surface area contributed by atoms with Gasteiger partial charge in [0.2, 0.25) is 0 Å². The van der Waals surface area contributed by atoms with E-state index in [4.69, 9.17) is 9.47 Å². The summed E-state index contributed by atoms with van der Waals surface area (Å²) in [6, 6.07) is 8.33. The summed E-state index contributed by atoms with van der Waals surface area (Å²) in [5.41, 5.74) is 1.24. The Hall–Kier alpha value is -1.75. The van der Waals surface area contributed by atoms with Crippen LogP contribution in [-0.4, -0.2) is 45.4 Å². The van der Waals surface area contributed by atoms with E-state index in [0.717, 1.165) is 31.2 Å². The molecule has 0 radical (unpaired) electrons. The fraction of sp³-hybridized carbons (Fsp3) is 0.588. The molecule has 0 saturated carbocycles. The molecule has 5 heteroatoms. The van der Waals surface area contributed by atoms with Crippen LogP contribution in [0.4, 0.5) is 0 Å². The summed E-state index contributed by atoms with van der Waals surface area (Å²) in [4.78, 5) is 4.54. The number of nitrogens with one attached hydrogen (secondary N) is 2. The van der Waals surface area contributed by atoms with E-state index in [1.807, 2.05) is 12.1 Å². The van der Waals surface area contributed by atoms with Crippen molar-refractivity contribution in [2.75, 3.05) is 33.4 Å². The normalized spacial score (nSPS) is 12.8. The van der Waals surface area contributed by atoms with Crippen LogP contribution in [0, 0.1) is 6.92 Å². The van der Waals surface area contributed by atoms with Gasteiger partial charge < -0.3 is 20.1 Å². The second kappa shape index (κ2) is 10.9. The Kier molecular flexibility index (Phi) is 9.07. The molecule has 0 aromatic heterocycles. The summed E-state index contributed by atoms with van der Waals surface area (Å²) >= 11 is 0. The average molecular weight is 307 g/mol. The zero-order chi connectivity index (χ0) is 16.2. The molecule has 0 aliphatic carbocycles. The standard InChI is InChI=1S/C17H29N3O2/c1-5-18-17(20-15(3)13-21-4)19-11-6-12-22-16-9-7-14(2)8-10-16/h7-10,15H,5-6,11-13H2,1-4H3,(H2,18,19,20). The lowest BCUT2D eigenvalue weighted by atomic mass is 10.2. The highest BCUT2D eigenvalue weighted by Gasteiger charge is 2.03. The number of ether oxygens (including phenoxy) is 2. The molecule has 1 unspecified atom stereocenters. The molecule has 124 valence electrons. The molecule has 0 heterocycles. The molecule has 1 aromatic carbocycles. The highest BCUT2D eigenvalue weighted by Crippen LogP contribution is 2.11. The minimum atomic E-state index is 0.228. The van der Waals surface area contributed by atoms with Crippen LogP contribution >= 0.6 is 0 Å². The molecule has 0 aliphatic rings. The molecule has 0 saturated heterocycles. The van der Waals surface area contributed by atoms with E-state index in [9.17, 15) is 0 Å². The maximum atomic E-state index is 5.69. The van der Waals surface area contributed by atoms with Crippen molar-refractivity contribution in [2.45, 2.75) is 33.2 Å². The molecule has 1 atom stereocenters. The van der Waals surface area contributed by atoms with Crippen molar-refractivity contribution >= 4 is 5.96 Å². The lowest BCUT2D eigenvalue weighted by Gasteiger charge is -2.17. The number of guanidine groups is 1. The van der Waals surface area contributed by atoms with Gasteiger partial charge in [-0.25, -0.2) is 0 Å². The van der Waals surface area contributed by atoms with Crippen LogP contribution in [0.3, 0.4) is 0 Å². The Labute approximate surface area is 134 Å². The first-order valence-electron chi connectivity index (χ1n) is 7.89. The molecule has 0 bridgehead atoms. The van der Waals surface area contributed by atoms with Gasteiger partial charge in [0.15, 0.2) is 5.96 Å². The van der Waals surface area contributed by atoms with Gasteiger partial charge in [0, 0.05) is 32.7 Å². The molecule has 1 aromatic rings. The highest BCUT2D eigenvalue weighted by molar-refractivity contribution is 5.80. The van der Waals surface area contributed by atoms with Crippen molar-refractivity contribution in [3.05, 3.63) is 29.8 Å². The number of benzene rings is 1. The van der Waals surface area contributed by atoms with E-state index >= 15 is 0 Å². The van der Waals surface area contributed by atoms with E-state index < -0.39 is 0 Å². The van der Waals surface area contributed by atoms with Crippen LogP contribution in [0.5, 0.6) is 5.75 Å². The number of hydrogen-bond acceptors (Lipinski definition) is 3. The van der Waals surface area contributed by atoms with Crippen LogP contribution < -0.4 is 15.4 Å². The Morgan fingerprint density at radius 2 is 2.00 bits per heavy atom. The van der Waals surface area contributed by atoms with E-state index in [0.29, 0.717) is 13.2 Å². The molecule has 5 nitrogen and oxygen atoms in total. The number of hydrogen-bond donors (Lipinski definition) is 2. The average Bonchev–Trinajstić information content (AvgIpc) is 2.49. The van der Waals surface area contributed by atoms with Crippen LogP contribution in [0.2, 0.25) is 0 Å². The van der Waals surface area contributed by atoms with Crippen molar-refractivity contribution in [3.8, 4) is 5.75 Å². The summed E-state index contributed by atoms with van der Waals surface area (Å²) in [7, 11) is 1.70. The monoisotopic (exact) mass is 307 g/mol. The first-order valence-corrected chi connectivity index (χ1v) is 7.89. The van der Waals surface area contributed by atoms with Gasteiger partial charge >= 0.3 is 0 Å². The third kappa shape index (κ3) is 7.88. The zero-order valence-corrected chi connectivity index (χ0v) is 14.2. The van der Waals surface area contributed by atoms with Crippen LogP contribution in [0.25, 0.3) is 0 Å². The molecular formula is C17H29N3O2. The lowest BCUT2D eigenvalue weighted by Crippen LogP contribution is -2.44. The fourth-order valence-corrected chi connectivity index (χ4v) is 1.93. The number of methoxy groups -OCH3 is 1. The summed E-state index contributed by atoms with van der Waals surface area (Å²) in [6.45, 7) is 9.07. The minimum absolute atomic E-state index is 0.228. The fourth-order valence-electron chi connectivity index (χ4n) is 1.93. The summed E-state index contributed by atoms with van der Waals surface area (Å²) in [5, 5.41) is 6.54. The van der Waals surface area contributed by atoms with Gasteiger partial charge in [-0.3, -0.25) is 4.99 Å². The van der Waals surface area contributed by atoms with E-state index in [-0.39, 0.29) is 6.04 Å². The van der Waals surface area contributed by atoms with Gasteiger partial charge in [-0.15, -0.1) is 0 Å². The van der Waals surface area contributed by atoms with Crippen molar-refractivity contribution in [1.82, 2.24) is 10.6 Å². The van der Waals surface area contributed by atoms with Crippen LogP contribution in [-0.2, 0) is 4.74 Å². The smallest absolute Gasteiger partial charge is 0.191 e. The van der Waals surface area contributed by atoms with Crippen molar-refractivity contribution < 1.29 is 9.47 Å². The summed E-state index contributed by atoms with van der Waals surface area (Å²) < 4.78 is 10.8. The van der Waals surface area contributed by atoms with Gasteiger partial charge in [-0.2, -0.15) is 0 Å². The minimum Gasteiger partial charge on any atom is -0.494 e. The second-order valence-corrected chi connectivity index (χ2v) is 5.28. The van der Waals surface area contributed by atoms with Crippen LogP contribution in [0.15, 0.2) is 29.3 Å². The molecule has 0 fully saturated rings. The van der Waals surface area contributed by atoms with Gasteiger partial charge in [0.1, 0.15) is 5.75 Å². The molecule has 0 aliphatic heterocycles. The van der Waals surface area contributed by atoms with E-state index in [1.54, 1.807) is 7.11 Å². The predicted molar refractivity (Wildman–Crippen MR) is 91.7 cm³/mol. The lowest BCUT2D eigenvalue weighted by molar-refractivity contribution is 0.179. The molecule has 2 N–H and O–H groups in total. The molecule has 0 spiro atoms. The third-order valence-electron chi connectivity index (χ3n) is 3.01. The van der Waals surface area contributed by atoms with E-state index in [2.05, 4.69) is 48.5 Å². The van der Waals surface area contributed by atoms with Crippen molar-refractivity contribution in [1.29, 1.82) is 0 Å². The molecule has 22 heavy (non-hydrogen) atoms. The maximum absolute atomic E-state index is 5.69. The van der Waals surface area contributed by atoms with Gasteiger partial charge in [-0.1, -0.05) is 17.7 Å². The largest absolute Gasteiger partial charge is 0.494 e.